The lowest BCUT2D eigenvalue weighted by molar-refractivity contribution is 0.626. The molecule has 1 nitrogen and oxygen atoms in total. The predicted octanol–water partition coefficient (Wildman–Crippen LogP) is 4.83. The summed E-state index contributed by atoms with van der Waals surface area (Å²) >= 11 is 17.7. The zero-order valence-corrected chi connectivity index (χ0v) is 11.4. The monoisotopic (exact) mass is 303 g/mol. The molecule has 0 bridgehead atoms. The van der Waals surface area contributed by atoms with Gasteiger partial charge in [-0.25, -0.2) is 4.39 Å². The molecule has 18 heavy (non-hydrogen) atoms. The Morgan fingerprint density at radius 3 is 2.22 bits per heavy atom. The van der Waals surface area contributed by atoms with Crippen LogP contribution in [0.15, 0.2) is 36.4 Å². The van der Waals surface area contributed by atoms with Crippen LogP contribution in [-0.2, 0) is 0 Å². The Hall–Kier alpha value is -0.800. The zero-order chi connectivity index (χ0) is 13.3. The summed E-state index contributed by atoms with van der Waals surface area (Å²) in [6.07, 6.45) is 0. The molecule has 0 saturated carbocycles. The van der Waals surface area contributed by atoms with Gasteiger partial charge in [-0.05, 0) is 35.4 Å². The van der Waals surface area contributed by atoms with E-state index in [4.69, 9.17) is 40.5 Å². The van der Waals surface area contributed by atoms with Gasteiger partial charge in [0.2, 0.25) is 0 Å². The molecule has 5 heteroatoms. The van der Waals surface area contributed by atoms with Crippen molar-refractivity contribution < 1.29 is 4.39 Å². The summed E-state index contributed by atoms with van der Waals surface area (Å²) in [5.74, 6) is -0.398. The second-order valence-corrected chi connectivity index (χ2v) is 5.04. The van der Waals surface area contributed by atoms with Gasteiger partial charge in [-0.15, -0.1) is 0 Å². The van der Waals surface area contributed by atoms with Crippen molar-refractivity contribution in [2.75, 3.05) is 0 Å². The van der Waals surface area contributed by atoms with Crippen molar-refractivity contribution in [3.05, 3.63) is 68.4 Å². The van der Waals surface area contributed by atoms with Crippen LogP contribution in [0.4, 0.5) is 4.39 Å². The fourth-order valence-electron chi connectivity index (χ4n) is 1.64. The highest BCUT2D eigenvalue weighted by atomic mass is 35.5. The molecule has 0 spiro atoms. The highest BCUT2D eigenvalue weighted by Crippen LogP contribution is 2.30. The van der Waals surface area contributed by atoms with Crippen LogP contribution in [0.25, 0.3) is 0 Å². The van der Waals surface area contributed by atoms with Crippen LogP contribution in [0.5, 0.6) is 0 Å². The summed E-state index contributed by atoms with van der Waals surface area (Å²) in [6.45, 7) is 0. The highest BCUT2D eigenvalue weighted by Gasteiger charge is 2.14. The Morgan fingerprint density at radius 1 is 0.889 bits per heavy atom. The third-order valence-electron chi connectivity index (χ3n) is 2.60. The lowest BCUT2D eigenvalue weighted by Crippen LogP contribution is -2.12. The van der Waals surface area contributed by atoms with Crippen LogP contribution < -0.4 is 5.73 Å². The van der Waals surface area contributed by atoms with Crippen molar-refractivity contribution in [3.63, 3.8) is 0 Å². The minimum atomic E-state index is -0.479. The van der Waals surface area contributed by atoms with E-state index in [9.17, 15) is 4.39 Å². The topological polar surface area (TPSA) is 26.0 Å². The first kappa shape index (κ1) is 13.6. The second kappa shape index (κ2) is 5.45. The second-order valence-electron chi connectivity index (χ2n) is 3.82. The highest BCUT2D eigenvalue weighted by molar-refractivity contribution is 6.42. The third-order valence-corrected chi connectivity index (χ3v) is 3.67. The van der Waals surface area contributed by atoms with E-state index in [1.165, 1.54) is 12.1 Å². The van der Waals surface area contributed by atoms with Gasteiger partial charge in [0.05, 0.1) is 16.1 Å². The van der Waals surface area contributed by atoms with Crippen LogP contribution in [0, 0.1) is 5.82 Å². The van der Waals surface area contributed by atoms with Gasteiger partial charge in [0.1, 0.15) is 5.82 Å². The quantitative estimate of drug-likeness (QED) is 0.844. The molecule has 0 aliphatic heterocycles. The van der Waals surface area contributed by atoms with Crippen molar-refractivity contribution in [2.45, 2.75) is 6.04 Å². The molecule has 0 heterocycles. The molecular weight excluding hydrogens is 296 g/mol. The molecule has 0 saturated heterocycles. The van der Waals surface area contributed by atoms with Crippen molar-refractivity contribution in [1.82, 2.24) is 0 Å². The normalized spacial score (nSPS) is 12.5. The molecular formula is C13H9Cl3FN. The lowest BCUT2D eigenvalue weighted by atomic mass is 9.99. The molecule has 0 amide bonds. The molecule has 94 valence electrons. The van der Waals surface area contributed by atoms with Crippen LogP contribution in [0.3, 0.4) is 0 Å². The largest absolute Gasteiger partial charge is 0.320 e. The van der Waals surface area contributed by atoms with Crippen LogP contribution in [0.1, 0.15) is 17.2 Å². The van der Waals surface area contributed by atoms with Crippen molar-refractivity contribution in [3.8, 4) is 0 Å². The standard InChI is InChI=1S/C13H9Cl3FN/c14-10-4-1-7(5-12(10)16)13(18)9-3-2-8(17)6-11(9)15/h1-6,13H,18H2. The SMILES string of the molecule is NC(c1ccc(Cl)c(Cl)c1)c1ccc(F)cc1Cl. The van der Waals surface area contributed by atoms with Gasteiger partial charge in [-0.2, -0.15) is 0 Å². The van der Waals surface area contributed by atoms with Crippen molar-refractivity contribution in [1.29, 1.82) is 0 Å². The van der Waals surface area contributed by atoms with E-state index in [1.54, 1.807) is 24.3 Å². The minimum Gasteiger partial charge on any atom is -0.320 e. The molecule has 0 aliphatic rings. The van der Waals surface area contributed by atoms with Gasteiger partial charge in [-0.1, -0.05) is 46.9 Å². The average molecular weight is 305 g/mol. The van der Waals surface area contributed by atoms with E-state index < -0.39 is 11.9 Å². The van der Waals surface area contributed by atoms with Crippen molar-refractivity contribution >= 4 is 34.8 Å². The first-order valence-electron chi connectivity index (χ1n) is 5.14. The van der Waals surface area contributed by atoms with Crippen LogP contribution in [0.2, 0.25) is 15.1 Å². The molecule has 2 N–H and O–H groups in total. The number of nitrogens with two attached hydrogens (primary N) is 1. The maximum absolute atomic E-state index is 13.0. The van der Waals surface area contributed by atoms with E-state index in [2.05, 4.69) is 0 Å². The summed E-state index contributed by atoms with van der Waals surface area (Å²) in [7, 11) is 0. The van der Waals surface area contributed by atoms with Gasteiger partial charge in [-0.3, -0.25) is 0 Å². The molecule has 0 aliphatic carbocycles. The van der Waals surface area contributed by atoms with E-state index in [1.807, 2.05) is 0 Å². The Kier molecular flexibility index (Phi) is 4.13. The van der Waals surface area contributed by atoms with E-state index in [-0.39, 0.29) is 5.02 Å². The average Bonchev–Trinajstić information content (AvgIpc) is 2.32. The molecule has 1 unspecified atom stereocenters. The third kappa shape index (κ3) is 2.78. The van der Waals surface area contributed by atoms with Gasteiger partial charge in [0.15, 0.2) is 0 Å². The summed E-state index contributed by atoms with van der Waals surface area (Å²) in [5, 5.41) is 1.16. The fraction of sp³-hybridized carbons (Fsp3) is 0.0769. The van der Waals surface area contributed by atoms with Gasteiger partial charge < -0.3 is 5.73 Å². The van der Waals surface area contributed by atoms with Gasteiger partial charge >= 0.3 is 0 Å². The summed E-state index contributed by atoms with van der Waals surface area (Å²) in [6, 6.07) is 8.73. The maximum Gasteiger partial charge on any atom is 0.124 e. The fourth-order valence-corrected chi connectivity index (χ4v) is 2.23. The first-order valence-corrected chi connectivity index (χ1v) is 6.28. The lowest BCUT2D eigenvalue weighted by Gasteiger charge is -2.15. The number of rotatable bonds is 2. The Labute approximate surface area is 119 Å². The number of hydrogen-bond donors (Lipinski definition) is 1. The summed E-state index contributed by atoms with van der Waals surface area (Å²) < 4.78 is 13.0. The van der Waals surface area contributed by atoms with Crippen LogP contribution in [-0.4, -0.2) is 0 Å². The molecule has 0 fully saturated rings. The molecule has 2 rings (SSSR count). The molecule has 2 aromatic carbocycles. The predicted molar refractivity (Wildman–Crippen MR) is 73.9 cm³/mol. The minimum absolute atomic E-state index is 0.286. The van der Waals surface area contributed by atoms with Gasteiger partial charge in [0, 0.05) is 5.02 Å². The van der Waals surface area contributed by atoms with E-state index in [0.717, 1.165) is 5.56 Å². The Morgan fingerprint density at radius 2 is 1.61 bits per heavy atom. The van der Waals surface area contributed by atoms with Gasteiger partial charge in [0.25, 0.3) is 0 Å². The zero-order valence-electron chi connectivity index (χ0n) is 9.13. The van der Waals surface area contributed by atoms with E-state index >= 15 is 0 Å². The molecule has 0 radical (unpaired) electrons. The van der Waals surface area contributed by atoms with E-state index in [0.29, 0.717) is 15.6 Å². The molecule has 1 atom stereocenters. The van der Waals surface area contributed by atoms with Crippen LogP contribution >= 0.6 is 34.8 Å². The number of hydrogen-bond acceptors (Lipinski definition) is 1. The first-order chi connectivity index (χ1) is 8.49. The Bertz CT molecular complexity index is 586. The summed E-state index contributed by atoms with van der Waals surface area (Å²) in [5.41, 5.74) is 7.48. The molecule has 2 aromatic rings. The maximum atomic E-state index is 13.0. The summed E-state index contributed by atoms with van der Waals surface area (Å²) in [4.78, 5) is 0. The number of halogens is 4. The number of benzene rings is 2. The molecule has 0 aromatic heterocycles. The van der Waals surface area contributed by atoms with Crippen molar-refractivity contribution in [2.24, 2.45) is 5.73 Å². The smallest absolute Gasteiger partial charge is 0.124 e. The Balaban J connectivity index is 2.41.